The van der Waals surface area contributed by atoms with Crippen LogP contribution < -0.4 is 5.73 Å². The molecule has 0 saturated carbocycles. The van der Waals surface area contributed by atoms with Crippen LogP contribution in [0.3, 0.4) is 0 Å². The molecular formula is C11H14FN. The van der Waals surface area contributed by atoms with Gasteiger partial charge in [0.1, 0.15) is 5.82 Å². The molecule has 0 aliphatic carbocycles. The maximum atomic E-state index is 13.2. The predicted octanol–water partition coefficient (Wildman–Crippen LogP) is 2.58. The highest BCUT2D eigenvalue weighted by Gasteiger charge is 2.00. The summed E-state index contributed by atoms with van der Waals surface area (Å²) in [6.07, 6.45) is 2.75. The summed E-state index contributed by atoms with van der Waals surface area (Å²) in [7, 11) is 0. The van der Waals surface area contributed by atoms with Crippen LogP contribution >= 0.6 is 0 Å². The highest BCUT2D eigenvalue weighted by Crippen LogP contribution is 2.17. The van der Waals surface area contributed by atoms with Gasteiger partial charge in [-0.15, -0.1) is 0 Å². The summed E-state index contributed by atoms with van der Waals surface area (Å²) in [5.41, 5.74) is 6.97. The minimum atomic E-state index is -0.173. The molecule has 0 spiro atoms. The summed E-state index contributed by atoms with van der Waals surface area (Å²) in [4.78, 5) is 0. The fraction of sp³-hybridized carbons (Fsp3) is 0.273. The predicted molar refractivity (Wildman–Crippen MR) is 53.7 cm³/mol. The maximum Gasteiger partial charge on any atom is 0.130 e. The smallest absolute Gasteiger partial charge is 0.130 e. The van der Waals surface area contributed by atoms with Crippen LogP contribution in [0.1, 0.15) is 18.9 Å². The van der Waals surface area contributed by atoms with E-state index in [4.69, 9.17) is 5.73 Å². The zero-order valence-electron chi connectivity index (χ0n) is 7.76. The first-order valence-electron chi connectivity index (χ1n) is 4.37. The zero-order chi connectivity index (χ0) is 9.68. The Labute approximate surface area is 78.1 Å². The molecule has 1 rings (SSSR count). The zero-order valence-corrected chi connectivity index (χ0v) is 7.76. The van der Waals surface area contributed by atoms with Crippen LogP contribution in [0.4, 0.5) is 4.39 Å². The number of rotatable bonds is 3. The Hall–Kier alpha value is -1.15. The minimum Gasteiger partial charge on any atom is -0.330 e. The van der Waals surface area contributed by atoms with E-state index in [1.165, 1.54) is 6.07 Å². The number of hydrogen-bond donors (Lipinski definition) is 1. The number of benzene rings is 1. The Bertz CT molecular complexity index is 305. The van der Waals surface area contributed by atoms with Crippen molar-refractivity contribution in [3.63, 3.8) is 0 Å². The highest BCUT2D eigenvalue weighted by molar-refractivity contribution is 5.63. The van der Waals surface area contributed by atoms with Crippen molar-refractivity contribution in [2.75, 3.05) is 6.54 Å². The normalized spacial score (nSPS) is 11.8. The van der Waals surface area contributed by atoms with E-state index in [0.29, 0.717) is 12.1 Å². The SMILES string of the molecule is C/C(=C\CCN)c1ccccc1F. The van der Waals surface area contributed by atoms with Gasteiger partial charge in [0.15, 0.2) is 0 Å². The van der Waals surface area contributed by atoms with E-state index in [1.807, 2.05) is 19.1 Å². The fourth-order valence-electron chi connectivity index (χ4n) is 1.19. The average molecular weight is 179 g/mol. The maximum absolute atomic E-state index is 13.2. The van der Waals surface area contributed by atoms with Crippen LogP contribution in [0, 0.1) is 5.82 Å². The van der Waals surface area contributed by atoms with Gasteiger partial charge in [0.2, 0.25) is 0 Å². The van der Waals surface area contributed by atoms with E-state index in [2.05, 4.69) is 0 Å². The standard InChI is InChI=1S/C11H14FN/c1-9(5-4-8-13)10-6-2-3-7-11(10)12/h2-3,5-7H,4,8,13H2,1H3/b9-5+. The van der Waals surface area contributed by atoms with E-state index in [9.17, 15) is 4.39 Å². The molecule has 0 saturated heterocycles. The first-order chi connectivity index (χ1) is 6.25. The van der Waals surface area contributed by atoms with E-state index in [1.54, 1.807) is 12.1 Å². The van der Waals surface area contributed by atoms with Gasteiger partial charge in [-0.25, -0.2) is 4.39 Å². The lowest BCUT2D eigenvalue weighted by Crippen LogP contribution is -1.96. The van der Waals surface area contributed by atoms with Gasteiger partial charge in [-0.2, -0.15) is 0 Å². The first-order valence-corrected chi connectivity index (χ1v) is 4.37. The lowest BCUT2D eigenvalue weighted by atomic mass is 10.1. The molecule has 0 heterocycles. The fourth-order valence-corrected chi connectivity index (χ4v) is 1.19. The summed E-state index contributed by atoms with van der Waals surface area (Å²) < 4.78 is 13.2. The van der Waals surface area contributed by atoms with Crippen molar-refractivity contribution in [3.8, 4) is 0 Å². The van der Waals surface area contributed by atoms with Crippen molar-refractivity contribution in [1.29, 1.82) is 0 Å². The van der Waals surface area contributed by atoms with Gasteiger partial charge in [0, 0.05) is 5.56 Å². The molecule has 0 fully saturated rings. The third-order valence-corrected chi connectivity index (χ3v) is 1.92. The largest absolute Gasteiger partial charge is 0.330 e. The quantitative estimate of drug-likeness (QED) is 0.758. The Morgan fingerprint density at radius 2 is 2.15 bits per heavy atom. The van der Waals surface area contributed by atoms with Crippen LogP contribution in [0.15, 0.2) is 30.3 Å². The van der Waals surface area contributed by atoms with E-state index < -0.39 is 0 Å². The molecule has 1 aromatic rings. The third-order valence-electron chi connectivity index (χ3n) is 1.92. The van der Waals surface area contributed by atoms with Crippen molar-refractivity contribution in [2.45, 2.75) is 13.3 Å². The van der Waals surface area contributed by atoms with Crippen molar-refractivity contribution in [1.82, 2.24) is 0 Å². The van der Waals surface area contributed by atoms with Gasteiger partial charge >= 0.3 is 0 Å². The van der Waals surface area contributed by atoms with Crippen LogP contribution in [0.5, 0.6) is 0 Å². The summed E-state index contributed by atoms with van der Waals surface area (Å²) in [5, 5.41) is 0. The third kappa shape index (κ3) is 2.67. The molecule has 0 amide bonds. The molecule has 0 atom stereocenters. The van der Waals surface area contributed by atoms with Crippen molar-refractivity contribution in [2.24, 2.45) is 5.73 Å². The first kappa shape index (κ1) is 9.93. The van der Waals surface area contributed by atoms with Gasteiger partial charge in [0.05, 0.1) is 0 Å². The molecule has 0 unspecified atom stereocenters. The Kier molecular flexibility index (Phi) is 3.65. The number of nitrogens with two attached hydrogens (primary N) is 1. The van der Waals surface area contributed by atoms with Gasteiger partial charge in [-0.05, 0) is 31.5 Å². The molecule has 70 valence electrons. The molecule has 0 aliphatic heterocycles. The van der Waals surface area contributed by atoms with E-state index in [-0.39, 0.29) is 5.82 Å². The van der Waals surface area contributed by atoms with Crippen LogP contribution in [-0.2, 0) is 0 Å². The van der Waals surface area contributed by atoms with Gasteiger partial charge in [0.25, 0.3) is 0 Å². The number of allylic oxidation sites excluding steroid dienone is 1. The molecule has 2 heteroatoms. The Morgan fingerprint density at radius 3 is 2.77 bits per heavy atom. The van der Waals surface area contributed by atoms with Crippen molar-refractivity contribution in [3.05, 3.63) is 41.7 Å². The highest BCUT2D eigenvalue weighted by atomic mass is 19.1. The van der Waals surface area contributed by atoms with E-state index in [0.717, 1.165) is 12.0 Å². The molecule has 0 aliphatic rings. The van der Waals surface area contributed by atoms with Crippen molar-refractivity contribution >= 4 is 5.57 Å². The molecule has 2 N–H and O–H groups in total. The molecule has 1 aromatic carbocycles. The molecule has 0 aromatic heterocycles. The van der Waals surface area contributed by atoms with E-state index >= 15 is 0 Å². The summed E-state index contributed by atoms with van der Waals surface area (Å²) >= 11 is 0. The number of hydrogen-bond acceptors (Lipinski definition) is 1. The second-order valence-electron chi connectivity index (χ2n) is 2.94. The lowest BCUT2D eigenvalue weighted by Gasteiger charge is -2.02. The summed E-state index contributed by atoms with van der Waals surface area (Å²) in [5.74, 6) is -0.173. The Morgan fingerprint density at radius 1 is 1.46 bits per heavy atom. The summed E-state index contributed by atoms with van der Waals surface area (Å²) in [6.45, 7) is 2.50. The van der Waals surface area contributed by atoms with Crippen LogP contribution in [0.2, 0.25) is 0 Å². The molecule has 13 heavy (non-hydrogen) atoms. The molecule has 1 nitrogen and oxygen atoms in total. The van der Waals surface area contributed by atoms with Gasteiger partial charge < -0.3 is 5.73 Å². The average Bonchev–Trinajstić information content (AvgIpc) is 2.15. The Balaban J connectivity index is 2.88. The van der Waals surface area contributed by atoms with Gasteiger partial charge in [-0.1, -0.05) is 24.3 Å². The lowest BCUT2D eigenvalue weighted by molar-refractivity contribution is 0.624. The number of halogens is 1. The monoisotopic (exact) mass is 179 g/mol. The molecule has 0 bridgehead atoms. The second-order valence-corrected chi connectivity index (χ2v) is 2.94. The van der Waals surface area contributed by atoms with Gasteiger partial charge in [-0.3, -0.25) is 0 Å². The molecular weight excluding hydrogens is 165 g/mol. The second kappa shape index (κ2) is 4.77. The summed E-state index contributed by atoms with van der Waals surface area (Å²) in [6, 6.07) is 6.76. The van der Waals surface area contributed by atoms with Crippen molar-refractivity contribution < 1.29 is 4.39 Å². The topological polar surface area (TPSA) is 26.0 Å². The minimum absolute atomic E-state index is 0.173. The van der Waals surface area contributed by atoms with Crippen LogP contribution in [0.25, 0.3) is 5.57 Å². The molecule has 0 radical (unpaired) electrons. The van der Waals surface area contributed by atoms with Crippen LogP contribution in [-0.4, -0.2) is 6.54 Å².